The molecule has 5 nitrogen and oxygen atoms in total. The van der Waals surface area contributed by atoms with E-state index in [2.05, 4.69) is 21.8 Å². The molecule has 2 heterocycles. The molecule has 1 N–H and O–H groups in total. The first-order valence-electron chi connectivity index (χ1n) is 6.01. The third-order valence-corrected chi connectivity index (χ3v) is 3.28. The number of anilines is 1. The minimum Gasteiger partial charge on any atom is -0.476 e. The second-order valence-electron chi connectivity index (χ2n) is 4.43. The summed E-state index contributed by atoms with van der Waals surface area (Å²) in [5.74, 6) is 0.465. The van der Waals surface area contributed by atoms with E-state index in [-0.39, 0.29) is 5.69 Å². The van der Waals surface area contributed by atoms with Crippen molar-refractivity contribution in [2.45, 2.75) is 26.2 Å². The van der Waals surface area contributed by atoms with Crippen LogP contribution in [0.4, 0.5) is 5.82 Å². The van der Waals surface area contributed by atoms with Crippen LogP contribution in [0.25, 0.3) is 0 Å². The van der Waals surface area contributed by atoms with Gasteiger partial charge in [-0.1, -0.05) is 13.3 Å². The lowest BCUT2D eigenvalue weighted by molar-refractivity contribution is 0.0690. The predicted molar refractivity (Wildman–Crippen MR) is 64.2 cm³/mol. The van der Waals surface area contributed by atoms with Crippen LogP contribution in [0.15, 0.2) is 12.4 Å². The van der Waals surface area contributed by atoms with Gasteiger partial charge in [-0.25, -0.2) is 14.8 Å². The summed E-state index contributed by atoms with van der Waals surface area (Å²) in [4.78, 5) is 20.9. The zero-order valence-electron chi connectivity index (χ0n) is 9.96. The highest BCUT2D eigenvalue weighted by Crippen LogP contribution is 2.22. The Labute approximate surface area is 100 Å². The molecule has 1 saturated heterocycles. The molecule has 1 fully saturated rings. The molecule has 17 heavy (non-hydrogen) atoms. The summed E-state index contributed by atoms with van der Waals surface area (Å²) < 4.78 is 0. The van der Waals surface area contributed by atoms with Crippen LogP contribution in [0.1, 0.15) is 36.7 Å². The van der Waals surface area contributed by atoms with Crippen LogP contribution in [0.5, 0.6) is 0 Å². The Morgan fingerprint density at radius 2 is 2.35 bits per heavy atom. The van der Waals surface area contributed by atoms with Crippen LogP contribution in [0.3, 0.4) is 0 Å². The van der Waals surface area contributed by atoms with E-state index in [1.165, 1.54) is 25.5 Å². The maximum Gasteiger partial charge on any atom is 0.356 e. The number of nitrogens with zero attached hydrogens (tertiary/aromatic N) is 3. The molecule has 0 amide bonds. The van der Waals surface area contributed by atoms with Crippen molar-refractivity contribution in [1.29, 1.82) is 0 Å². The maximum atomic E-state index is 10.7. The van der Waals surface area contributed by atoms with Crippen molar-refractivity contribution in [3.8, 4) is 0 Å². The Hall–Kier alpha value is -1.65. The van der Waals surface area contributed by atoms with Gasteiger partial charge in [0.25, 0.3) is 0 Å². The molecular formula is C12H17N3O2. The molecule has 0 bridgehead atoms. The standard InChI is InChI=1S/C12H17N3O2/c1-2-9-4-3-5-15(8-9)11-7-13-10(6-14-11)12(16)17/h6-7,9H,2-5,8H2,1H3,(H,16,17). The summed E-state index contributed by atoms with van der Waals surface area (Å²) >= 11 is 0. The van der Waals surface area contributed by atoms with Gasteiger partial charge in [0.1, 0.15) is 5.82 Å². The van der Waals surface area contributed by atoms with Crippen LogP contribution in [-0.2, 0) is 0 Å². The van der Waals surface area contributed by atoms with Crippen molar-refractivity contribution < 1.29 is 9.90 Å². The van der Waals surface area contributed by atoms with Crippen LogP contribution in [0, 0.1) is 5.92 Å². The third-order valence-electron chi connectivity index (χ3n) is 3.28. The first-order chi connectivity index (χ1) is 8.20. The van der Waals surface area contributed by atoms with Gasteiger partial charge >= 0.3 is 5.97 Å². The smallest absolute Gasteiger partial charge is 0.356 e. The van der Waals surface area contributed by atoms with Gasteiger partial charge < -0.3 is 10.0 Å². The van der Waals surface area contributed by atoms with Crippen LogP contribution in [-0.4, -0.2) is 34.1 Å². The fraction of sp³-hybridized carbons (Fsp3) is 0.583. The first kappa shape index (κ1) is 11.8. The third kappa shape index (κ3) is 2.72. The number of carbonyl (C=O) groups is 1. The average Bonchev–Trinajstić information content (AvgIpc) is 2.39. The van der Waals surface area contributed by atoms with Crippen molar-refractivity contribution >= 4 is 11.8 Å². The van der Waals surface area contributed by atoms with Crippen molar-refractivity contribution in [3.05, 3.63) is 18.1 Å². The summed E-state index contributed by atoms with van der Waals surface area (Å²) in [6.45, 7) is 4.18. The first-order valence-corrected chi connectivity index (χ1v) is 6.01. The van der Waals surface area contributed by atoms with Crippen molar-refractivity contribution in [1.82, 2.24) is 9.97 Å². The summed E-state index contributed by atoms with van der Waals surface area (Å²) in [7, 11) is 0. The highest BCUT2D eigenvalue weighted by Gasteiger charge is 2.19. The highest BCUT2D eigenvalue weighted by atomic mass is 16.4. The van der Waals surface area contributed by atoms with E-state index in [4.69, 9.17) is 5.11 Å². The lowest BCUT2D eigenvalue weighted by Crippen LogP contribution is -2.35. The number of piperidine rings is 1. The largest absolute Gasteiger partial charge is 0.476 e. The van der Waals surface area contributed by atoms with E-state index < -0.39 is 5.97 Å². The number of aromatic carboxylic acids is 1. The van der Waals surface area contributed by atoms with Gasteiger partial charge in [0.05, 0.1) is 12.4 Å². The number of hydrogen-bond donors (Lipinski definition) is 1. The molecular weight excluding hydrogens is 218 g/mol. The molecule has 1 aliphatic heterocycles. The normalized spacial score (nSPS) is 20.3. The molecule has 0 radical (unpaired) electrons. The number of rotatable bonds is 3. The highest BCUT2D eigenvalue weighted by molar-refractivity contribution is 5.84. The van der Waals surface area contributed by atoms with E-state index in [9.17, 15) is 4.79 Å². The fourth-order valence-corrected chi connectivity index (χ4v) is 2.20. The lowest BCUT2D eigenvalue weighted by atomic mass is 9.96. The molecule has 0 aromatic carbocycles. The minimum absolute atomic E-state index is 0.00204. The SMILES string of the molecule is CCC1CCCN(c2cnc(C(=O)O)cn2)C1. The summed E-state index contributed by atoms with van der Waals surface area (Å²) in [6.07, 6.45) is 6.50. The summed E-state index contributed by atoms with van der Waals surface area (Å²) in [5.41, 5.74) is -0.00204. The Morgan fingerprint density at radius 1 is 1.53 bits per heavy atom. The molecule has 0 spiro atoms. The van der Waals surface area contributed by atoms with E-state index >= 15 is 0 Å². The van der Waals surface area contributed by atoms with Crippen molar-refractivity contribution in [2.24, 2.45) is 5.92 Å². The van der Waals surface area contributed by atoms with Gasteiger partial charge in [-0.15, -0.1) is 0 Å². The zero-order chi connectivity index (χ0) is 12.3. The van der Waals surface area contributed by atoms with Gasteiger partial charge in [-0.2, -0.15) is 0 Å². The number of carboxylic acid groups (broad SMARTS) is 1. The van der Waals surface area contributed by atoms with Crippen molar-refractivity contribution in [2.75, 3.05) is 18.0 Å². The molecule has 1 aliphatic rings. The van der Waals surface area contributed by atoms with Crippen LogP contribution in [0.2, 0.25) is 0 Å². The van der Waals surface area contributed by atoms with Crippen molar-refractivity contribution in [3.63, 3.8) is 0 Å². The van der Waals surface area contributed by atoms with Gasteiger partial charge in [0, 0.05) is 13.1 Å². The molecule has 0 saturated carbocycles. The second-order valence-corrected chi connectivity index (χ2v) is 4.43. The Balaban J connectivity index is 2.08. The summed E-state index contributed by atoms with van der Waals surface area (Å²) in [6, 6.07) is 0. The van der Waals surface area contributed by atoms with Gasteiger partial charge in [0.15, 0.2) is 5.69 Å². The molecule has 0 aliphatic carbocycles. The summed E-state index contributed by atoms with van der Waals surface area (Å²) in [5, 5.41) is 8.75. The number of aromatic nitrogens is 2. The van der Waals surface area contributed by atoms with E-state index in [1.54, 1.807) is 6.20 Å². The molecule has 1 aromatic rings. The number of carboxylic acids is 1. The topological polar surface area (TPSA) is 66.3 Å². The second kappa shape index (κ2) is 5.12. The van der Waals surface area contributed by atoms with E-state index in [0.29, 0.717) is 5.92 Å². The van der Waals surface area contributed by atoms with Gasteiger partial charge in [-0.3, -0.25) is 0 Å². The number of hydrogen-bond acceptors (Lipinski definition) is 4. The predicted octanol–water partition coefficient (Wildman–Crippen LogP) is 1.80. The van der Waals surface area contributed by atoms with Gasteiger partial charge in [-0.05, 0) is 18.8 Å². The molecule has 92 valence electrons. The monoisotopic (exact) mass is 235 g/mol. The molecule has 1 atom stereocenters. The average molecular weight is 235 g/mol. The minimum atomic E-state index is -1.03. The lowest BCUT2D eigenvalue weighted by Gasteiger charge is -2.32. The quantitative estimate of drug-likeness (QED) is 0.865. The van der Waals surface area contributed by atoms with Gasteiger partial charge in [0.2, 0.25) is 0 Å². The fourth-order valence-electron chi connectivity index (χ4n) is 2.20. The Bertz CT molecular complexity index is 391. The van der Waals surface area contributed by atoms with Crippen LogP contribution < -0.4 is 4.90 Å². The van der Waals surface area contributed by atoms with E-state index in [0.717, 1.165) is 18.9 Å². The van der Waals surface area contributed by atoms with E-state index in [1.807, 2.05) is 0 Å². The van der Waals surface area contributed by atoms with Crippen LogP contribution >= 0.6 is 0 Å². The maximum absolute atomic E-state index is 10.7. The molecule has 1 unspecified atom stereocenters. The Morgan fingerprint density at radius 3 is 2.94 bits per heavy atom. The molecule has 2 rings (SSSR count). The molecule has 5 heteroatoms. The molecule has 1 aromatic heterocycles. The Kier molecular flexibility index (Phi) is 3.56. The zero-order valence-corrected chi connectivity index (χ0v) is 9.96.